The average Bonchev–Trinajstić information content (AvgIpc) is 2.69. The quantitative estimate of drug-likeness (QED) is 0.486. The fourth-order valence-electron chi connectivity index (χ4n) is 2.38. The summed E-state index contributed by atoms with van der Waals surface area (Å²) < 4.78 is 11.2. The van der Waals surface area contributed by atoms with Gasteiger partial charge in [-0.05, 0) is 55.0 Å². The second kappa shape index (κ2) is 9.24. The van der Waals surface area contributed by atoms with E-state index in [-0.39, 0.29) is 0 Å². The SMILES string of the molecule is CCOc1ccc(Oc2cc(CN=C(N)Nc3ccccc3)ccn2)cc1. The summed E-state index contributed by atoms with van der Waals surface area (Å²) in [4.78, 5) is 8.59. The first-order valence-electron chi connectivity index (χ1n) is 8.70. The maximum Gasteiger partial charge on any atom is 0.219 e. The third-order valence-corrected chi connectivity index (χ3v) is 3.63. The van der Waals surface area contributed by atoms with Gasteiger partial charge in [-0.15, -0.1) is 0 Å². The smallest absolute Gasteiger partial charge is 0.219 e. The van der Waals surface area contributed by atoms with Crippen LogP contribution in [-0.4, -0.2) is 17.6 Å². The van der Waals surface area contributed by atoms with Gasteiger partial charge in [0.25, 0.3) is 0 Å². The Hall–Kier alpha value is -3.54. The molecular weight excluding hydrogens is 340 g/mol. The van der Waals surface area contributed by atoms with Gasteiger partial charge < -0.3 is 20.5 Å². The highest BCUT2D eigenvalue weighted by Gasteiger charge is 2.02. The van der Waals surface area contributed by atoms with Crippen molar-refractivity contribution in [1.82, 2.24) is 4.98 Å². The summed E-state index contributed by atoms with van der Waals surface area (Å²) in [7, 11) is 0. The van der Waals surface area contributed by atoms with E-state index in [9.17, 15) is 0 Å². The lowest BCUT2D eigenvalue weighted by atomic mass is 10.2. The predicted molar refractivity (Wildman–Crippen MR) is 107 cm³/mol. The Labute approximate surface area is 158 Å². The molecule has 0 amide bonds. The fraction of sp³-hybridized carbons (Fsp3) is 0.143. The molecule has 3 rings (SSSR count). The zero-order valence-corrected chi connectivity index (χ0v) is 15.1. The first kappa shape index (κ1) is 18.3. The van der Waals surface area contributed by atoms with Gasteiger partial charge in [0.2, 0.25) is 5.88 Å². The van der Waals surface area contributed by atoms with Gasteiger partial charge in [-0.1, -0.05) is 18.2 Å². The highest BCUT2D eigenvalue weighted by atomic mass is 16.5. The topological polar surface area (TPSA) is 81.8 Å². The maximum absolute atomic E-state index is 5.93. The monoisotopic (exact) mass is 362 g/mol. The molecule has 6 heteroatoms. The van der Waals surface area contributed by atoms with E-state index in [4.69, 9.17) is 15.2 Å². The number of para-hydroxylation sites is 1. The molecule has 2 aromatic carbocycles. The molecule has 0 fully saturated rings. The molecule has 0 radical (unpaired) electrons. The minimum Gasteiger partial charge on any atom is -0.494 e. The van der Waals surface area contributed by atoms with Crippen molar-refractivity contribution in [2.75, 3.05) is 11.9 Å². The van der Waals surface area contributed by atoms with Crippen LogP contribution in [0.15, 0.2) is 77.9 Å². The van der Waals surface area contributed by atoms with Crippen molar-refractivity contribution < 1.29 is 9.47 Å². The minimum absolute atomic E-state index is 0.354. The van der Waals surface area contributed by atoms with Crippen LogP contribution in [0.1, 0.15) is 12.5 Å². The van der Waals surface area contributed by atoms with Crippen LogP contribution in [0.4, 0.5) is 5.69 Å². The number of pyridine rings is 1. The van der Waals surface area contributed by atoms with Crippen molar-refractivity contribution in [3.05, 3.63) is 78.5 Å². The van der Waals surface area contributed by atoms with Gasteiger partial charge in [0, 0.05) is 18.0 Å². The van der Waals surface area contributed by atoms with Crippen LogP contribution >= 0.6 is 0 Å². The number of anilines is 1. The molecule has 1 heterocycles. The highest BCUT2D eigenvalue weighted by molar-refractivity contribution is 5.92. The molecule has 0 unspecified atom stereocenters. The summed E-state index contributed by atoms with van der Waals surface area (Å²) in [5.41, 5.74) is 7.78. The zero-order chi connectivity index (χ0) is 18.9. The van der Waals surface area contributed by atoms with Gasteiger partial charge in [-0.2, -0.15) is 0 Å². The molecule has 6 nitrogen and oxygen atoms in total. The van der Waals surface area contributed by atoms with E-state index in [1.54, 1.807) is 6.20 Å². The lowest BCUT2D eigenvalue weighted by Gasteiger charge is -2.08. The number of ether oxygens (including phenoxy) is 2. The van der Waals surface area contributed by atoms with Gasteiger partial charge in [0.15, 0.2) is 5.96 Å². The number of aliphatic imine (C=N–C) groups is 1. The van der Waals surface area contributed by atoms with E-state index in [1.807, 2.05) is 73.7 Å². The van der Waals surface area contributed by atoms with Crippen molar-refractivity contribution in [2.45, 2.75) is 13.5 Å². The average molecular weight is 362 g/mol. The number of hydrogen-bond donors (Lipinski definition) is 2. The second-order valence-electron chi connectivity index (χ2n) is 5.70. The normalized spacial score (nSPS) is 11.1. The first-order valence-corrected chi connectivity index (χ1v) is 8.70. The van der Waals surface area contributed by atoms with E-state index in [1.165, 1.54) is 0 Å². The van der Waals surface area contributed by atoms with E-state index >= 15 is 0 Å². The predicted octanol–water partition coefficient (Wildman–Crippen LogP) is 4.20. The molecule has 0 bridgehead atoms. The second-order valence-corrected chi connectivity index (χ2v) is 5.70. The van der Waals surface area contributed by atoms with Gasteiger partial charge >= 0.3 is 0 Å². The van der Waals surface area contributed by atoms with Crippen LogP contribution in [0.2, 0.25) is 0 Å². The number of nitrogens with two attached hydrogens (primary N) is 1. The largest absolute Gasteiger partial charge is 0.494 e. The molecule has 0 atom stereocenters. The van der Waals surface area contributed by atoms with E-state index in [0.29, 0.717) is 30.7 Å². The summed E-state index contributed by atoms with van der Waals surface area (Å²) >= 11 is 0. The molecule has 138 valence electrons. The van der Waals surface area contributed by atoms with Crippen molar-refractivity contribution in [2.24, 2.45) is 10.7 Å². The van der Waals surface area contributed by atoms with Crippen LogP contribution < -0.4 is 20.5 Å². The molecule has 27 heavy (non-hydrogen) atoms. The number of hydrogen-bond acceptors (Lipinski definition) is 4. The van der Waals surface area contributed by atoms with Crippen molar-refractivity contribution >= 4 is 11.6 Å². The maximum atomic E-state index is 5.93. The van der Waals surface area contributed by atoms with Crippen molar-refractivity contribution in [3.8, 4) is 17.4 Å². The van der Waals surface area contributed by atoms with Crippen molar-refractivity contribution in [3.63, 3.8) is 0 Å². The van der Waals surface area contributed by atoms with Gasteiger partial charge in [-0.25, -0.2) is 9.98 Å². The summed E-state index contributed by atoms with van der Waals surface area (Å²) in [6, 6.07) is 20.8. The molecule has 0 aliphatic carbocycles. The minimum atomic E-state index is 0.354. The molecule has 0 aliphatic rings. The summed E-state index contributed by atoms with van der Waals surface area (Å²) in [5.74, 6) is 2.35. The Morgan fingerprint density at radius 1 is 1.04 bits per heavy atom. The number of aromatic nitrogens is 1. The summed E-state index contributed by atoms with van der Waals surface area (Å²) in [5, 5.41) is 3.05. The Balaban J connectivity index is 1.60. The van der Waals surface area contributed by atoms with E-state index in [0.717, 1.165) is 17.0 Å². The van der Waals surface area contributed by atoms with Crippen LogP contribution in [0.3, 0.4) is 0 Å². The van der Waals surface area contributed by atoms with Gasteiger partial charge in [0.1, 0.15) is 11.5 Å². The lowest BCUT2D eigenvalue weighted by Crippen LogP contribution is -2.22. The molecule has 0 spiro atoms. The van der Waals surface area contributed by atoms with Crippen LogP contribution in [-0.2, 0) is 6.54 Å². The standard InChI is InChI=1S/C21H22N4O2/c1-2-26-18-8-10-19(11-9-18)27-20-14-16(12-13-23-20)15-24-21(22)25-17-6-4-3-5-7-17/h3-14H,2,15H2,1H3,(H3,22,24,25). The molecule has 3 N–H and O–H groups in total. The Morgan fingerprint density at radius 3 is 2.52 bits per heavy atom. The van der Waals surface area contributed by atoms with Crippen molar-refractivity contribution in [1.29, 1.82) is 0 Å². The fourth-order valence-corrected chi connectivity index (χ4v) is 2.38. The summed E-state index contributed by atoms with van der Waals surface area (Å²) in [6.45, 7) is 3.00. The Morgan fingerprint density at radius 2 is 1.78 bits per heavy atom. The van der Waals surface area contributed by atoms with E-state index < -0.39 is 0 Å². The molecule has 1 aromatic heterocycles. The lowest BCUT2D eigenvalue weighted by molar-refractivity contribution is 0.339. The highest BCUT2D eigenvalue weighted by Crippen LogP contribution is 2.23. The molecule has 0 saturated carbocycles. The summed E-state index contributed by atoms with van der Waals surface area (Å²) in [6.07, 6.45) is 1.69. The Bertz CT molecular complexity index is 880. The number of nitrogens with one attached hydrogen (secondary N) is 1. The number of rotatable bonds is 7. The number of nitrogens with zero attached hydrogens (tertiary/aromatic N) is 2. The molecule has 0 saturated heterocycles. The number of guanidine groups is 1. The molecule has 3 aromatic rings. The third-order valence-electron chi connectivity index (χ3n) is 3.63. The molecular formula is C21H22N4O2. The van der Waals surface area contributed by atoms with Crippen LogP contribution in [0, 0.1) is 0 Å². The van der Waals surface area contributed by atoms with Gasteiger partial charge in [0.05, 0.1) is 13.2 Å². The number of benzene rings is 2. The van der Waals surface area contributed by atoms with Crippen LogP contribution in [0.25, 0.3) is 0 Å². The van der Waals surface area contributed by atoms with Gasteiger partial charge in [-0.3, -0.25) is 0 Å². The van der Waals surface area contributed by atoms with E-state index in [2.05, 4.69) is 15.3 Å². The molecule has 0 aliphatic heterocycles. The van der Waals surface area contributed by atoms with Crippen LogP contribution in [0.5, 0.6) is 17.4 Å². The third kappa shape index (κ3) is 5.74. The zero-order valence-electron chi connectivity index (χ0n) is 15.1. The Kier molecular flexibility index (Phi) is 6.25. The first-order chi connectivity index (χ1) is 13.2.